The summed E-state index contributed by atoms with van der Waals surface area (Å²) < 4.78 is 0. The lowest BCUT2D eigenvalue weighted by Gasteiger charge is -2.22. The SMILES string of the molecule is CCCCCCCCCC(=O)NC1CCC(=O)CC1. The van der Waals surface area contributed by atoms with Crippen LogP contribution in [0, 0.1) is 0 Å². The minimum Gasteiger partial charge on any atom is -0.353 e. The number of hydrogen-bond acceptors (Lipinski definition) is 2. The molecule has 110 valence electrons. The first-order valence-electron chi connectivity index (χ1n) is 8.03. The Morgan fingerprint density at radius 1 is 1.05 bits per heavy atom. The quantitative estimate of drug-likeness (QED) is 0.647. The van der Waals surface area contributed by atoms with Crippen molar-refractivity contribution in [3.05, 3.63) is 0 Å². The molecule has 0 heterocycles. The Morgan fingerprint density at radius 3 is 2.26 bits per heavy atom. The molecule has 1 fully saturated rings. The molecule has 1 aliphatic rings. The number of rotatable bonds is 9. The molecule has 1 amide bonds. The molecule has 0 aromatic carbocycles. The third-order valence-electron chi connectivity index (χ3n) is 3.92. The zero-order valence-electron chi connectivity index (χ0n) is 12.4. The van der Waals surface area contributed by atoms with Crippen LogP contribution in [0.1, 0.15) is 84.0 Å². The number of nitrogens with one attached hydrogen (secondary N) is 1. The smallest absolute Gasteiger partial charge is 0.220 e. The largest absolute Gasteiger partial charge is 0.353 e. The van der Waals surface area contributed by atoms with Crippen molar-refractivity contribution in [2.24, 2.45) is 0 Å². The van der Waals surface area contributed by atoms with Crippen LogP contribution in [-0.4, -0.2) is 17.7 Å². The van der Waals surface area contributed by atoms with Gasteiger partial charge in [0.1, 0.15) is 5.78 Å². The number of carbonyl (C=O) groups excluding carboxylic acids is 2. The number of hydrogen-bond donors (Lipinski definition) is 1. The Balaban J connectivity index is 1.94. The molecule has 3 heteroatoms. The molecular formula is C16H29NO2. The van der Waals surface area contributed by atoms with Gasteiger partial charge in [-0.25, -0.2) is 0 Å². The minimum absolute atomic E-state index is 0.174. The van der Waals surface area contributed by atoms with Crippen LogP contribution in [0.15, 0.2) is 0 Å². The van der Waals surface area contributed by atoms with Crippen LogP contribution in [0.25, 0.3) is 0 Å². The molecule has 1 rings (SSSR count). The van der Waals surface area contributed by atoms with Crippen molar-refractivity contribution in [3.8, 4) is 0 Å². The van der Waals surface area contributed by atoms with Crippen molar-refractivity contribution in [2.45, 2.75) is 90.0 Å². The van der Waals surface area contributed by atoms with E-state index in [-0.39, 0.29) is 11.9 Å². The van der Waals surface area contributed by atoms with Gasteiger partial charge in [-0.15, -0.1) is 0 Å². The Hall–Kier alpha value is -0.860. The molecule has 0 saturated heterocycles. The summed E-state index contributed by atoms with van der Waals surface area (Å²) in [6.07, 6.45) is 12.3. The molecule has 1 aliphatic carbocycles. The van der Waals surface area contributed by atoms with Gasteiger partial charge in [-0.1, -0.05) is 45.4 Å². The maximum absolute atomic E-state index is 11.7. The molecule has 0 spiro atoms. The van der Waals surface area contributed by atoms with Crippen LogP contribution < -0.4 is 5.32 Å². The summed E-state index contributed by atoms with van der Waals surface area (Å²) in [6.45, 7) is 2.23. The summed E-state index contributed by atoms with van der Waals surface area (Å²) in [5.74, 6) is 0.519. The normalized spacial score (nSPS) is 16.6. The highest BCUT2D eigenvalue weighted by atomic mass is 16.1. The summed E-state index contributed by atoms with van der Waals surface area (Å²) >= 11 is 0. The number of Topliss-reactive ketones (excluding diaryl/α,β-unsaturated/α-hetero) is 1. The van der Waals surface area contributed by atoms with E-state index in [9.17, 15) is 9.59 Å². The van der Waals surface area contributed by atoms with Crippen molar-refractivity contribution in [1.29, 1.82) is 0 Å². The number of carbonyl (C=O) groups is 2. The highest BCUT2D eigenvalue weighted by Gasteiger charge is 2.19. The molecule has 1 saturated carbocycles. The average molecular weight is 267 g/mol. The zero-order chi connectivity index (χ0) is 13.9. The Bertz CT molecular complexity index is 266. The fourth-order valence-corrected chi connectivity index (χ4v) is 2.63. The molecule has 0 bridgehead atoms. The van der Waals surface area contributed by atoms with Crippen molar-refractivity contribution >= 4 is 11.7 Å². The lowest BCUT2D eigenvalue weighted by atomic mass is 9.94. The van der Waals surface area contributed by atoms with Crippen LogP contribution in [0.5, 0.6) is 0 Å². The summed E-state index contributed by atoms with van der Waals surface area (Å²) in [5.41, 5.74) is 0. The third-order valence-corrected chi connectivity index (χ3v) is 3.92. The highest BCUT2D eigenvalue weighted by molar-refractivity contribution is 5.80. The standard InChI is InChI=1S/C16H29NO2/c1-2-3-4-5-6-7-8-9-16(19)17-14-10-12-15(18)13-11-14/h14H,2-13H2,1H3,(H,17,19). The van der Waals surface area contributed by atoms with Gasteiger partial charge in [0.2, 0.25) is 5.91 Å². The van der Waals surface area contributed by atoms with Gasteiger partial charge in [-0.3, -0.25) is 9.59 Å². The van der Waals surface area contributed by atoms with Gasteiger partial charge in [0, 0.05) is 25.3 Å². The van der Waals surface area contributed by atoms with E-state index in [1.165, 1.54) is 38.5 Å². The molecule has 0 aliphatic heterocycles. The Labute approximate surface area is 117 Å². The maximum atomic E-state index is 11.7. The van der Waals surface area contributed by atoms with E-state index in [2.05, 4.69) is 12.2 Å². The zero-order valence-corrected chi connectivity index (χ0v) is 12.4. The average Bonchev–Trinajstić information content (AvgIpc) is 2.40. The second-order valence-electron chi connectivity index (χ2n) is 5.75. The van der Waals surface area contributed by atoms with E-state index in [0.717, 1.165) is 19.3 Å². The minimum atomic E-state index is 0.174. The topological polar surface area (TPSA) is 46.2 Å². The molecule has 1 N–H and O–H groups in total. The number of ketones is 1. The predicted octanol–water partition coefficient (Wildman–Crippen LogP) is 3.76. The van der Waals surface area contributed by atoms with E-state index in [4.69, 9.17) is 0 Å². The van der Waals surface area contributed by atoms with Crippen LogP contribution in [0.3, 0.4) is 0 Å². The van der Waals surface area contributed by atoms with Crippen molar-refractivity contribution in [1.82, 2.24) is 5.32 Å². The monoisotopic (exact) mass is 267 g/mol. The Kier molecular flexibility index (Phi) is 8.52. The Morgan fingerprint density at radius 2 is 1.63 bits per heavy atom. The summed E-state index contributed by atoms with van der Waals surface area (Å²) in [6, 6.07) is 0.245. The second-order valence-corrected chi connectivity index (χ2v) is 5.75. The number of unbranched alkanes of at least 4 members (excludes halogenated alkanes) is 6. The first kappa shape index (κ1) is 16.2. The van der Waals surface area contributed by atoms with Gasteiger partial charge in [-0.2, -0.15) is 0 Å². The van der Waals surface area contributed by atoms with Gasteiger partial charge in [0.05, 0.1) is 0 Å². The van der Waals surface area contributed by atoms with E-state index >= 15 is 0 Å². The molecule has 0 atom stereocenters. The molecule has 3 nitrogen and oxygen atoms in total. The van der Waals surface area contributed by atoms with E-state index in [1.807, 2.05) is 0 Å². The van der Waals surface area contributed by atoms with Crippen LogP contribution in [0.4, 0.5) is 0 Å². The van der Waals surface area contributed by atoms with Crippen LogP contribution in [-0.2, 0) is 9.59 Å². The molecular weight excluding hydrogens is 238 g/mol. The second kappa shape index (κ2) is 9.99. The highest BCUT2D eigenvalue weighted by Crippen LogP contribution is 2.15. The van der Waals surface area contributed by atoms with Gasteiger partial charge in [0.25, 0.3) is 0 Å². The predicted molar refractivity (Wildman–Crippen MR) is 78.0 cm³/mol. The summed E-state index contributed by atoms with van der Waals surface area (Å²) in [5, 5.41) is 3.06. The van der Waals surface area contributed by atoms with Gasteiger partial charge < -0.3 is 5.32 Å². The fraction of sp³-hybridized carbons (Fsp3) is 0.875. The van der Waals surface area contributed by atoms with Gasteiger partial charge in [-0.05, 0) is 19.3 Å². The summed E-state index contributed by atoms with van der Waals surface area (Å²) in [7, 11) is 0. The fourth-order valence-electron chi connectivity index (χ4n) is 2.63. The molecule has 19 heavy (non-hydrogen) atoms. The lowest BCUT2D eigenvalue weighted by molar-refractivity contribution is -0.124. The van der Waals surface area contributed by atoms with Gasteiger partial charge >= 0.3 is 0 Å². The maximum Gasteiger partial charge on any atom is 0.220 e. The van der Waals surface area contributed by atoms with Crippen LogP contribution in [0.2, 0.25) is 0 Å². The van der Waals surface area contributed by atoms with E-state index in [1.54, 1.807) is 0 Å². The van der Waals surface area contributed by atoms with E-state index < -0.39 is 0 Å². The first-order valence-corrected chi connectivity index (χ1v) is 8.03. The van der Waals surface area contributed by atoms with Crippen molar-refractivity contribution in [3.63, 3.8) is 0 Å². The van der Waals surface area contributed by atoms with Crippen molar-refractivity contribution < 1.29 is 9.59 Å². The van der Waals surface area contributed by atoms with Crippen LogP contribution >= 0.6 is 0 Å². The van der Waals surface area contributed by atoms with Gasteiger partial charge in [0.15, 0.2) is 0 Å². The first-order chi connectivity index (χ1) is 9.22. The lowest BCUT2D eigenvalue weighted by Crippen LogP contribution is -2.37. The molecule has 0 aromatic heterocycles. The molecule has 0 unspecified atom stereocenters. The summed E-state index contributed by atoms with van der Waals surface area (Å²) in [4.78, 5) is 22.8. The van der Waals surface area contributed by atoms with E-state index in [0.29, 0.717) is 25.0 Å². The third kappa shape index (κ3) is 8.02. The molecule has 0 radical (unpaired) electrons. The molecule has 0 aromatic rings. The number of amides is 1. The van der Waals surface area contributed by atoms with Crippen molar-refractivity contribution in [2.75, 3.05) is 0 Å².